The molecule has 8 nitrogen and oxygen atoms in total. The summed E-state index contributed by atoms with van der Waals surface area (Å²) < 4.78 is 13.9. The smallest absolute Gasteiger partial charge is 0.256 e. The van der Waals surface area contributed by atoms with Gasteiger partial charge in [0, 0.05) is 24.3 Å². The van der Waals surface area contributed by atoms with Crippen molar-refractivity contribution in [1.82, 2.24) is 14.5 Å². The summed E-state index contributed by atoms with van der Waals surface area (Å²) in [6, 6.07) is 10.9. The molecule has 2 aliphatic rings. The fourth-order valence-electron chi connectivity index (χ4n) is 4.45. The van der Waals surface area contributed by atoms with Gasteiger partial charge in [0.05, 0.1) is 17.5 Å². The van der Waals surface area contributed by atoms with Crippen LogP contribution in [0.25, 0.3) is 11.0 Å². The Morgan fingerprint density at radius 2 is 2.00 bits per heavy atom. The average Bonchev–Trinajstić information content (AvgIpc) is 3.42. The summed E-state index contributed by atoms with van der Waals surface area (Å²) in [4.78, 5) is 21.3. The molecular weight excluding hydrogens is 372 g/mol. The molecule has 2 fully saturated rings. The van der Waals surface area contributed by atoms with E-state index < -0.39 is 0 Å². The number of anilines is 1. The SMILES string of the molecule is CC1O[C@@H]2[C@@H](CO)C[C@@H](n3ccc4c(NC(=O)c5ccccc5)ncnc43)[C@@H]2O1. The largest absolute Gasteiger partial charge is 0.396 e. The number of hydrogen-bond acceptors (Lipinski definition) is 6. The maximum absolute atomic E-state index is 12.5. The van der Waals surface area contributed by atoms with Gasteiger partial charge in [-0.25, -0.2) is 9.97 Å². The molecule has 1 saturated heterocycles. The van der Waals surface area contributed by atoms with E-state index in [1.54, 1.807) is 12.1 Å². The Morgan fingerprint density at radius 3 is 2.79 bits per heavy atom. The zero-order valence-electron chi connectivity index (χ0n) is 15.9. The summed E-state index contributed by atoms with van der Waals surface area (Å²) in [7, 11) is 0. The summed E-state index contributed by atoms with van der Waals surface area (Å²) in [6.45, 7) is 1.93. The van der Waals surface area contributed by atoms with E-state index in [9.17, 15) is 9.90 Å². The van der Waals surface area contributed by atoms with E-state index in [0.717, 1.165) is 11.8 Å². The van der Waals surface area contributed by atoms with Crippen LogP contribution in [0.1, 0.15) is 29.7 Å². The van der Waals surface area contributed by atoms with Gasteiger partial charge < -0.3 is 24.5 Å². The van der Waals surface area contributed by atoms with E-state index in [4.69, 9.17) is 9.47 Å². The molecule has 150 valence electrons. The molecule has 29 heavy (non-hydrogen) atoms. The third-order valence-corrected chi connectivity index (χ3v) is 5.78. The van der Waals surface area contributed by atoms with Gasteiger partial charge in [-0.1, -0.05) is 18.2 Å². The van der Waals surface area contributed by atoms with Gasteiger partial charge >= 0.3 is 0 Å². The second kappa shape index (κ2) is 7.22. The molecule has 1 amide bonds. The molecular formula is C21H22N4O4. The molecule has 8 heteroatoms. The molecule has 2 aromatic heterocycles. The van der Waals surface area contributed by atoms with Crippen LogP contribution in [-0.4, -0.2) is 50.7 Å². The summed E-state index contributed by atoms with van der Waals surface area (Å²) in [5, 5.41) is 13.4. The van der Waals surface area contributed by atoms with Gasteiger partial charge in [0.2, 0.25) is 0 Å². The fraction of sp³-hybridized carbons (Fsp3) is 0.381. The van der Waals surface area contributed by atoms with E-state index in [0.29, 0.717) is 17.0 Å². The van der Waals surface area contributed by atoms with E-state index in [2.05, 4.69) is 15.3 Å². The normalized spacial score (nSPS) is 28.6. The van der Waals surface area contributed by atoms with Crippen LogP contribution in [0.2, 0.25) is 0 Å². The third-order valence-electron chi connectivity index (χ3n) is 5.78. The lowest BCUT2D eigenvalue weighted by molar-refractivity contribution is -0.0741. The van der Waals surface area contributed by atoms with E-state index in [1.165, 1.54) is 6.33 Å². The zero-order valence-corrected chi connectivity index (χ0v) is 15.9. The van der Waals surface area contributed by atoms with Crippen LogP contribution in [0.15, 0.2) is 48.9 Å². The first-order chi connectivity index (χ1) is 14.2. The van der Waals surface area contributed by atoms with Crippen molar-refractivity contribution in [3.8, 4) is 0 Å². The van der Waals surface area contributed by atoms with Gasteiger partial charge in [-0.15, -0.1) is 0 Å². The topological polar surface area (TPSA) is 98.5 Å². The molecule has 3 heterocycles. The van der Waals surface area contributed by atoms with Crippen molar-refractivity contribution in [2.45, 2.75) is 37.9 Å². The molecule has 3 aromatic rings. The fourth-order valence-corrected chi connectivity index (χ4v) is 4.45. The van der Waals surface area contributed by atoms with Gasteiger partial charge in [-0.2, -0.15) is 0 Å². The maximum Gasteiger partial charge on any atom is 0.256 e. The van der Waals surface area contributed by atoms with Crippen molar-refractivity contribution < 1.29 is 19.4 Å². The number of rotatable bonds is 4. The molecule has 5 atom stereocenters. The average molecular weight is 394 g/mol. The second-order valence-electron chi connectivity index (χ2n) is 7.52. The minimum absolute atomic E-state index is 0.00725. The van der Waals surface area contributed by atoms with Crippen molar-refractivity contribution in [3.05, 3.63) is 54.5 Å². The second-order valence-corrected chi connectivity index (χ2v) is 7.52. The molecule has 5 rings (SSSR count). The number of carbonyl (C=O) groups is 1. The lowest BCUT2D eigenvalue weighted by atomic mass is 10.1. The monoisotopic (exact) mass is 394 g/mol. The Labute approximate surface area is 167 Å². The number of fused-ring (bicyclic) bond motifs is 2. The van der Waals surface area contributed by atoms with Crippen LogP contribution in [0.3, 0.4) is 0 Å². The first-order valence-electron chi connectivity index (χ1n) is 9.75. The summed E-state index contributed by atoms with van der Waals surface area (Å²) >= 11 is 0. The van der Waals surface area contributed by atoms with Crippen molar-refractivity contribution in [2.24, 2.45) is 5.92 Å². The Bertz CT molecular complexity index is 1040. The van der Waals surface area contributed by atoms with Crippen molar-refractivity contribution >= 4 is 22.8 Å². The number of aliphatic hydroxyl groups is 1. The molecule has 1 unspecified atom stereocenters. The molecule has 0 bridgehead atoms. The van der Waals surface area contributed by atoms with Gasteiger partial charge in [0.15, 0.2) is 6.29 Å². The Morgan fingerprint density at radius 1 is 1.21 bits per heavy atom. The first-order valence-corrected chi connectivity index (χ1v) is 9.75. The Hall–Kier alpha value is -2.81. The van der Waals surface area contributed by atoms with Crippen molar-refractivity contribution in [2.75, 3.05) is 11.9 Å². The third kappa shape index (κ3) is 3.09. The number of aromatic nitrogens is 3. The highest BCUT2D eigenvalue weighted by molar-refractivity contribution is 6.07. The summed E-state index contributed by atoms with van der Waals surface area (Å²) in [6.07, 6.45) is 3.55. The van der Waals surface area contributed by atoms with Crippen molar-refractivity contribution in [1.29, 1.82) is 0 Å². The maximum atomic E-state index is 12.5. The molecule has 0 radical (unpaired) electrons. The van der Waals surface area contributed by atoms with Gasteiger partial charge in [0.1, 0.15) is 23.9 Å². The van der Waals surface area contributed by atoms with Crippen LogP contribution < -0.4 is 5.32 Å². The van der Waals surface area contributed by atoms with E-state index >= 15 is 0 Å². The molecule has 1 saturated carbocycles. The van der Waals surface area contributed by atoms with Crippen molar-refractivity contribution in [3.63, 3.8) is 0 Å². The van der Waals surface area contributed by atoms with Crippen LogP contribution in [-0.2, 0) is 9.47 Å². The van der Waals surface area contributed by atoms with Crippen LogP contribution in [0.4, 0.5) is 5.82 Å². The number of benzene rings is 1. The van der Waals surface area contributed by atoms with Gasteiger partial charge in [-0.05, 0) is 31.5 Å². The minimum atomic E-state index is -0.293. The minimum Gasteiger partial charge on any atom is -0.396 e. The number of nitrogens with zero attached hydrogens (tertiary/aromatic N) is 3. The standard InChI is InChI=1S/C21H22N4O4/c1-12-28-17-14(10-26)9-16(18(17)29-12)25-8-7-15-19(22-11-23-20(15)25)24-21(27)13-5-3-2-4-6-13/h2-8,11-12,14,16-18,26H,9-10H2,1H3,(H,22,23,24,27)/t12?,14-,16-,17-,18+/m1/s1. The molecule has 2 N–H and O–H groups in total. The molecule has 1 aliphatic carbocycles. The van der Waals surface area contributed by atoms with E-state index in [1.807, 2.05) is 42.0 Å². The summed E-state index contributed by atoms with van der Waals surface area (Å²) in [5.74, 6) is 0.264. The molecule has 1 aliphatic heterocycles. The number of carbonyl (C=O) groups excluding carboxylic acids is 1. The lowest BCUT2D eigenvalue weighted by Crippen LogP contribution is -2.27. The highest BCUT2D eigenvalue weighted by Crippen LogP contribution is 2.44. The van der Waals surface area contributed by atoms with Crippen LogP contribution in [0.5, 0.6) is 0 Å². The quantitative estimate of drug-likeness (QED) is 0.705. The zero-order chi connectivity index (χ0) is 20.0. The summed E-state index contributed by atoms with van der Waals surface area (Å²) in [5.41, 5.74) is 1.28. The van der Waals surface area contributed by atoms with Crippen LogP contribution in [0, 0.1) is 5.92 Å². The number of ether oxygens (including phenoxy) is 2. The van der Waals surface area contributed by atoms with E-state index in [-0.39, 0.29) is 43.0 Å². The number of amides is 1. The number of aliphatic hydroxyl groups excluding tert-OH is 1. The molecule has 0 spiro atoms. The number of hydrogen-bond donors (Lipinski definition) is 2. The molecule has 1 aromatic carbocycles. The number of nitrogens with one attached hydrogen (secondary N) is 1. The highest BCUT2D eigenvalue weighted by Gasteiger charge is 2.51. The Balaban J connectivity index is 1.47. The highest BCUT2D eigenvalue weighted by atomic mass is 16.7. The van der Waals surface area contributed by atoms with Crippen LogP contribution >= 0.6 is 0 Å². The predicted octanol–water partition coefficient (Wildman–Crippen LogP) is 2.37. The predicted molar refractivity (Wildman–Crippen MR) is 105 cm³/mol. The van der Waals surface area contributed by atoms with Gasteiger partial charge in [0.25, 0.3) is 5.91 Å². The Kier molecular flexibility index (Phi) is 4.54. The lowest BCUT2D eigenvalue weighted by Gasteiger charge is -2.20. The first kappa shape index (κ1) is 18.2. The van der Waals surface area contributed by atoms with Gasteiger partial charge in [-0.3, -0.25) is 4.79 Å².